The number of fused-ring (bicyclic) bond motifs is 3. The molecule has 1 N–H and O–H groups in total. The van der Waals surface area contributed by atoms with Crippen molar-refractivity contribution in [1.29, 1.82) is 0 Å². The van der Waals surface area contributed by atoms with Crippen molar-refractivity contribution in [3.05, 3.63) is 35.3 Å². The van der Waals surface area contributed by atoms with Crippen LogP contribution in [0.4, 0.5) is 10.6 Å². The number of nitrogens with one attached hydrogen (secondary N) is 1. The van der Waals surface area contributed by atoms with Crippen LogP contribution in [0.1, 0.15) is 24.8 Å². The van der Waals surface area contributed by atoms with Crippen LogP contribution in [0.5, 0.6) is 0 Å². The van der Waals surface area contributed by atoms with Gasteiger partial charge in [0.1, 0.15) is 0 Å². The lowest BCUT2D eigenvalue weighted by Crippen LogP contribution is -2.50. The molecule has 3 fully saturated rings. The van der Waals surface area contributed by atoms with Gasteiger partial charge in [0.05, 0.1) is 17.0 Å². The highest BCUT2D eigenvalue weighted by Crippen LogP contribution is 2.40. The summed E-state index contributed by atoms with van der Waals surface area (Å²) in [7, 11) is 0. The Balaban J connectivity index is 1.40. The number of piperidine rings is 3. The molecule has 132 valence electrons. The van der Waals surface area contributed by atoms with Gasteiger partial charge in [-0.1, -0.05) is 24.3 Å². The first kappa shape index (κ1) is 16.5. The van der Waals surface area contributed by atoms with Crippen LogP contribution in [0.25, 0.3) is 10.4 Å². The lowest BCUT2D eigenvalue weighted by Gasteiger charge is -2.47. The zero-order chi connectivity index (χ0) is 17.3. The van der Waals surface area contributed by atoms with E-state index >= 15 is 0 Å². The first-order valence-corrected chi connectivity index (χ1v) is 9.69. The quantitative estimate of drug-likeness (QED) is 0.893. The third-order valence-corrected chi connectivity index (χ3v) is 6.42. The molecule has 5 nitrogen and oxygen atoms in total. The molecule has 3 saturated heterocycles. The van der Waals surface area contributed by atoms with Gasteiger partial charge in [0.2, 0.25) is 0 Å². The van der Waals surface area contributed by atoms with Crippen LogP contribution in [0.3, 0.4) is 0 Å². The van der Waals surface area contributed by atoms with Crippen molar-refractivity contribution in [3.8, 4) is 10.4 Å². The minimum absolute atomic E-state index is 0.188. The van der Waals surface area contributed by atoms with Crippen LogP contribution >= 0.6 is 11.3 Å². The number of carbonyl (C=O) groups is 1. The highest BCUT2D eigenvalue weighted by atomic mass is 32.1. The maximum Gasteiger partial charge on any atom is 0.412 e. The lowest BCUT2D eigenvalue weighted by molar-refractivity contribution is -0.0190. The molecule has 0 atom stereocenters. The third-order valence-electron chi connectivity index (χ3n) is 5.56. The number of rotatable bonds is 4. The van der Waals surface area contributed by atoms with E-state index in [9.17, 15) is 4.79 Å². The second kappa shape index (κ2) is 6.77. The molecule has 2 aromatic rings. The number of benzene rings is 1. The van der Waals surface area contributed by atoms with Crippen LogP contribution in [-0.2, 0) is 4.74 Å². The second-order valence-corrected chi connectivity index (χ2v) is 7.99. The molecule has 2 bridgehead atoms. The highest BCUT2D eigenvalue weighted by molar-refractivity contribution is 7.13. The monoisotopic (exact) mass is 357 g/mol. The van der Waals surface area contributed by atoms with Gasteiger partial charge in [-0.2, -0.15) is 0 Å². The minimum Gasteiger partial charge on any atom is -0.449 e. The molecule has 0 spiro atoms. The number of hydrogen-bond acceptors (Lipinski definition) is 5. The Morgan fingerprint density at radius 2 is 2.00 bits per heavy atom. The maximum absolute atomic E-state index is 12.3. The van der Waals surface area contributed by atoms with Crippen LogP contribution in [0.15, 0.2) is 29.8 Å². The minimum atomic E-state index is -0.400. The molecule has 1 aromatic heterocycles. The highest BCUT2D eigenvalue weighted by Gasteiger charge is 2.40. The largest absolute Gasteiger partial charge is 0.449 e. The Labute approximate surface area is 152 Å². The first-order valence-electron chi connectivity index (χ1n) is 8.81. The van der Waals surface area contributed by atoms with Crippen LogP contribution in [0, 0.1) is 12.3 Å². The molecular formula is C19H23N3O2S. The molecule has 0 radical (unpaired) electrons. The summed E-state index contributed by atoms with van der Waals surface area (Å²) in [6.07, 6.45) is 2.99. The number of aryl methyl sites for hydroxylation is 1. The van der Waals surface area contributed by atoms with Crippen molar-refractivity contribution < 1.29 is 9.53 Å². The molecule has 1 amide bonds. The van der Waals surface area contributed by atoms with E-state index in [2.05, 4.69) is 28.2 Å². The van der Waals surface area contributed by atoms with Crippen molar-refractivity contribution in [2.24, 2.45) is 5.41 Å². The van der Waals surface area contributed by atoms with Crippen LogP contribution in [0.2, 0.25) is 0 Å². The molecule has 1 aromatic carbocycles. The zero-order valence-electron chi connectivity index (χ0n) is 14.5. The maximum atomic E-state index is 12.3. The summed E-state index contributed by atoms with van der Waals surface area (Å²) in [4.78, 5) is 20.1. The smallest absolute Gasteiger partial charge is 0.412 e. The van der Waals surface area contributed by atoms with E-state index in [0.717, 1.165) is 54.9 Å². The Morgan fingerprint density at radius 3 is 2.72 bits per heavy atom. The molecule has 25 heavy (non-hydrogen) atoms. The van der Waals surface area contributed by atoms with Gasteiger partial charge in [0.25, 0.3) is 0 Å². The average molecular weight is 357 g/mol. The van der Waals surface area contributed by atoms with Gasteiger partial charge in [0, 0.05) is 5.41 Å². The topological polar surface area (TPSA) is 54.5 Å². The Kier molecular flexibility index (Phi) is 4.48. The van der Waals surface area contributed by atoms with Crippen LogP contribution < -0.4 is 5.32 Å². The normalized spacial score (nSPS) is 24.9. The van der Waals surface area contributed by atoms with Crippen LogP contribution in [-0.4, -0.2) is 42.2 Å². The van der Waals surface area contributed by atoms with Gasteiger partial charge in [-0.25, -0.2) is 9.78 Å². The molecule has 3 aliphatic heterocycles. The van der Waals surface area contributed by atoms with Gasteiger partial charge in [-0.05, 0) is 56.9 Å². The molecule has 5 rings (SSSR count). The predicted octanol–water partition coefficient (Wildman–Crippen LogP) is 4.15. The molecule has 4 heterocycles. The van der Waals surface area contributed by atoms with Gasteiger partial charge in [-0.3, -0.25) is 5.32 Å². The van der Waals surface area contributed by atoms with E-state index in [1.165, 1.54) is 11.3 Å². The third kappa shape index (κ3) is 3.41. The van der Waals surface area contributed by atoms with Crippen molar-refractivity contribution in [3.63, 3.8) is 0 Å². The number of aromatic nitrogens is 1. The standard InChI is InChI=1S/C19H23N3O2S/c1-14-4-2-3-5-15(14)16-17(20-13-25-16)21-18(23)24-12-19-6-9-22(10-7-19)11-8-19/h2-5,13H,6-12H2,1H3,(H,21,23). The van der Waals surface area contributed by atoms with Crippen molar-refractivity contribution in [1.82, 2.24) is 9.88 Å². The fourth-order valence-corrected chi connectivity index (χ4v) is 4.65. The Bertz CT molecular complexity index is 752. The predicted molar refractivity (Wildman–Crippen MR) is 100.0 cm³/mol. The fraction of sp³-hybridized carbons (Fsp3) is 0.474. The molecule has 0 aliphatic carbocycles. The Hall–Kier alpha value is -1.92. The number of amides is 1. The summed E-state index contributed by atoms with van der Waals surface area (Å²) < 4.78 is 5.59. The molecule has 0 saturated carbocycles. The fourth-order valence-electron chi connectivity index (χ4n) is 3.82. The second-order valence-electron chi connectivity index (χ2n) is 7.14. The summed E-state index contributed by atoms with van der Waals surface area (Å²) in [6, 6.07) is 8.12. The van der Waals surface area contributed by atoms with E-state index in [4.69, 9.17) is 4.74 Å². The number of nitrogens with zero attached hydrogens (tertiary/aromatic N) is 2. The van der Waals surface area contributed by atoms with E-state index in [1.54, 1.807) is 5.51 Å². The number of carbonyl (C=O) groups excluding carboxylic acids is 1. The van der Waals surface area contributed by atoms with Gasteiger partial charge in [0.15, 0.2) is 5.82 Å². The molecule has 6 heteroatoms. The van der Waals surface area contributed by atoms with E-state index in [-0.39, 0.29) is 5.41 Å². The van der Waals surface area contributed by atoms with E-state index in [1.807, 2.05) is 18.2 Å². The van der Waals surface area contributed by atoms with Gasteiger partial charge >= 0.3 is 6.09 Å². The van der Waals surface area contributed by atoms with Gasteiger partial charge in [-0.15, -0.1) is 11.3 Å². The zero-order valence-corrected chi connectivity index (χ0v) is 15.3. The number of ether oxygens (including phenoxy) is 1. The van der Waals surface area contributed by atoms with Crippen molar-refractivity contribution in [2.45, 2.75) is 26.2 Å². The summed E-state index contributed by atoms with van der Waals surface area (Å²) in [5, 5.41) is 2.84. The van der Waals surface area contributed by atoms with Crippen molar-refractivity contribution >= 4 is 23.2 Å². The molecular weight excluding hydrogens is 334 g/mol. The van der Waals surface area contributed by atoms with E-state index < -0.39 is 6.09 Å². The molecule has 0 unspecified atom stereocenters. The van der Waals surface area contributed by atoms with Crippen molar-refractivity contribution in [2.75, 3.05) is 31.6 Å². The average Bonchev–Trinajstić information content (AvgIpc) is 3.10. The summed E-state index contributed by atoms with van der Waals surface area (Å²) >= 11 is 1.53. The van der Waals surface area contributed by atoms with Gasteiger partial charge < -0.3 is 9.64 Å². The summed E-state index contributed by atoms with van der Waals surface area (Å²) in [6.45, 7) is 5.97. The number of thiazole rings is 1. The first-order chi connectivity index (χ1) is 12.2. The van der Waals surface area contributed by atoms with E-state index in [0.29, 0.717) is 12.4 Å². The SMILES string of the molecule is Cc1ccccc1-c1scnc1NC(=O)OCC12CCN(CC1)CC2. The number of anilines is 1. The number of hydrogen-bond donors (Lipinski definition) is 1. The summed E-state index contributed by atoms with van der Waals surface area (Å²) in [5.41, 5.74) is 4.20. The lowest BCUT2D eigenvalue weighted by atomic mass is 9.73. The Morgan fingerprint density at radius 1 is 1.28 bits per heavy atom. The molecule has 3 aliphatic rings. The summed E-state index contributed by atoms with van der Waals surface area (Å²) in [5.74, 6) is 0.584.